The molecule has 0 amide bonds. The molecule has 44 valence electrons. The molecular weight excluding hydrogens is 114 g/mol. The van der Waals surface area contributed by atoms with Crippen LogP contribution in [0.2, 0.25) is 0 Å². The van der Waals surface area contributed by atoms with Gasteiger partial charge in [-0.25, -0.2) is 4.98 Å². The fourth-order valence-electron chi connectivity index (χ4n) is 0.435. The molecule has 1 N–H and O–H groups in total. The number of imidazole rings is 1. The van der Waals surface area contributed by atoms with Gasteiger partial charge in [-0.2, -0.15) is 8.78 Å². The molecule has 0 aromatic carbocycles. The van der Waals surface area contributed by atoms with Crippen LogP contribution in [0.1, 0.15) is 5.82 Å². The molecule has 0 saturated heterocycles. The highest BCUT2D eigenvalue weighted by molar-refractivity contribution is 4.87. The van der Waals surface area contributed by atoms with Gasteiger partial charge in [0.2, 0.25) is 5.95 Å². The zero-order chi connectivity index (χ0) is 6.15. The lowest BCUT2D eigenvalue weighted by Crippen LogP contribution is -1.75. The second-order valence-electron chi connectivity index (χ2n) is 1.43. The summed E-state index contributed by atoms with van der Waals surface area (Å²) in [5, 5.41) is 0. The third-order valence-electron chi connectivity index (χ3n) is 0.738. The Balaban J connectivity index is 3.14. The largest absolute Gasteiger partial charge is 0.316 e. The summed E-state index contributed by atoms with van der Waals surface area (Å²) in [5.74, 6) is -1.81. The van der Waals surface area contributed by atoms with E-state index in [2.05, 4.69) is 9.97 Å². The molecule has 0 bridgehead atoms. The Hall–Kier alpha value is -0.930. The minimum atomic E-state index is -1.07. The summed E-state index contributed by atoms with van der Waals surface area (Å²) >= 11 is 0. The first-order chi connectivity index (χ1) is 3.70. The standard InChI is InChI=1S/C4H4F2N2/c1-2-7-3(5)4(6)8-2/h1H3,(H,7,8). The predicted octanol–water partition coefficient (Wildman–Crippen LogP) is 0.996. The Labute approximate surface area is 44.6 Å². The number of nitrogens with one attached hydrogen (secondary N) is 1. The molecule has 0 unspecified atom stereocenters. The van der Waals surface area contributed by atoms with E-state index in [4.69, 9.17) is 0 Å². The maximum absolute atomic E-state index is 11.8. The SMILES string of the molecule is Cc1nc(F)c(F)[nH]1. The van der Waals surface area contributed by atoms with E-state index in [0.717, 1.165) is 0 Å². The van der Waals surface area contributed by atoms with Crippen molar-refractivity contribution in [2.45, 2.75) is 6.92 Å². The molecule has 0 spiro atoms. The summed E-state index contributed by atoms with van der Waals surface area (Å²) in [6.45, 7) is 1.48. The molecule has 1 heterocycles. The minimum Gasteiger partial charge on any atom is -0.316 e. The third-order valence-corrected chi connectivity index (χ3v) is 0.738. The Kier molecular flexibility index (Phi) is 1.00. The average Bonchev–Trinajstić information content (AvgIpc) is 1.85. The van der Waals surface area contributed by atoms with Crippen molar-refractivity contribution in [3.05, 3.63) is 17.7 Å². The molecule has 1 aromatic heterocycles. The number of aromatic nitrogens is 2. The van der Waals surface area contributed by atoms with E-state index in [9.17, 15) is 8.78 Å². The molecule has 1 rings (SSSR count). The van der Waals surface area contributed by atoms with Gasteiger partial charge in [0.15, 0.2) is 0 Å². The zero-order valence-electron chi connectivity index (χ0n) is 4.20. The molecule has 0 saturated carbocycles. The summed E-state index contributed by atoms with van der Waals surface area (Å²) in [6, 6.07) is 0. The van der Waals surface area contributed by atoms with Crippen LogP contribution >= 0.6 is 0 Å². The lowest BCUT2D eigenvalue weighted by molar-refractivity contribution is 0.475. The van der Waals surface area contributed by atoms with Crippen molar-refractivity contribution in [1.29, 1.82) is 0 Å². The highest BCUT2D eigenvalue weighted by atomic mass is 19.2. The lowest BCUT2D eigenvalue weighted by Gasteiger charge is -1.70. The van der Waals surface area contributed by atoms with Crippen LogP contribution in [0.3, 0.4) is 0 Å². The van der Waals surface area contributed by atoms with Gasteiger partial charge in [0.1, 0.15) is 5.82 Å². The van der Waals surface area contributed by atoms with Crippen molar-refractivity contribution in [3.8, 4) is 0 Å². The number of aryl methyl sites for hydroxylation is 1. The molecule has 0 aliphatic rings. The molecule has 0 aliphatic carbocycles. The van der Waals surface area contributed by atoms with E-state index in [-0.39, 0.29) is 5.82 Å². The summed E-state index contributed by atoms with van der Waals surface area (Å²) in [6.07, 6.45) is 0. The summed E-state index contributed by atoms with van der Waals surface area (Å²) in [7, 11) is 0. The summed E-state index contributed by atoms with van der Waals surface area (Å²) in [5.41, 5.74) is 0. The monoisotopic (exact) mass is 118 g/mol. The maximum Gasteiger partial charge on any atom is 0.268 e. The zero-order valence-corrected chi connectivity index (χ0v) is 4.20. The van der Waals surface area contributed by atoms with Crippen molar-refractivity contribution in [3.63, 3.8) is 0 Å². The van der Waals surface area contributed by atoms with Gasteiger partial charge < -0.3 is 4.98 Å². The highest BCUT2D eigenvalue weighted by Crippen LogP contribution is 1.98. The Morgan fingerprint density at radius 1 is 1.50 bits per heavy atom. The quantitative estimate of drug-likeness (QED) is 0.540. The van der Waals surface area contributed by atoms with Gasteiger partial charge in [-0.3, -0.25) is 0 Å². The van der Waals surface area contributed by atoms with Crippen molar-refractivity contribution in [2.24, 2.45) is 0 Å². The molecule has 8 heavy (non-hydrogen) atoms. The first-order valence-corrected chi connectivity index (χ1v) is 2.08. The number of halogens is 2. The van der Waals surface area contributed by atoms with E-state index >= 15 is 0 Å². The van der Waals surface area contributed by atoms with Gasteiger partial charge in [-0.05, 0) is 6.92 Å². The van der Waals surface area contributed by atoms with Crippen molar-refractivity contribution in [1.82, 2.24) is 9.97 Å². The maximum atomic E-state index is 11.8. The van der Waals surface area contributed by atoms with Gasteiger partial charge in [0.05, 0.1) is 0 Å². The van der Waals surface area contributed by atoms with Gasteiger partial charge in [-0.15, -0.1) is 0 Å². The fourth-order valence-corrected chi connectivity index (χ4v) is 0.435. The highest BCUT2D eigenvalue weighted by Gasteiger charge is 2.03. The molecule has 0 atom stereocenters. The molecule has 0 radical (unpaired) electrons. The number of H-pyrrole nitrogens is 1. The predicted molar refractivity (Wildman–Crippen MR) is 23.2 cm³/mol. The first kappa shape index (κ1) is 5.21. The van der Waals surface area contributed by atoms with Crippen LogP contribution in [0.5, 0.6) is 0 Å². The van der Waals surface area contributed by atoms with Crippen molar-refractivity contribution >= 4 is 0 Å². The van der Waals surface area contributed by atoms with Crippen LogP contribution in [0.4, 0.5) is 8.78 Å². The molecule has 0 fully saturated rings. The molecule has 4 heteroatoms. The van der Waals surface area contributed by atoms with Gasteiger partial charge in [0, 0.05) is 0 Å². The summed E-state index contributed by atoms with van der Waals surface area (Å²) in [4.78, 5) is 5.17. The van der Waals surface area contributed by atoms with Gasteiger partial charge in [-0.1, -0.05) is 0 Å². The summed E-state index contributed by atoms with van der Waals surface area (Å²) < 4.78 is 23.7. The van der Waals surface area contributed by atoms with Crippen LogP contribution in [0, 0.1) is 18.8 Å². The topological polar surface area (TPSA) is 28.7 Å². The van der Waals surface area contributed by atoms with Crippen molar-refractivity contribution < 1.29 is 8.78 Å². The Bertz CT molecular complexity index is 174. The number of aromatic amines is 1. The second kappa shape index (κ2) is 1.54. The smallest absolute Gasteiger partial charge is 0.268 e. The van der Waals surface area contributed by atoms with Crippen LogP contribution < -0.4 is 0 Å². The Morgan fingerprint density at radius 3 is 2.25 bits per heavy atom. The minimum absolute atomic E-state index is 0.250. The van der Waals surface area contributed by atoms with Crippen LogP contribution in [0.25, 0.3) is 0 Å². The van der Waals surface area contributed by atoms with E-state index in [1.54, 1.807) is 0 Å². The number of hydrogen-bond acceptors (Lipinski definition) is 1. The Morgan fingerprint density at radius 2 is 2.12 bits per heavy atom. The van der Waals surface area contributed by atoms with E-state index in [1.165, 1.54) is 6.92 Å². The lowest BCUT2D eigenvalue weighted by atomic mass is 10.8. The van der Waals surface area contributed by atoms with E-state index in [0.29, 0.717) is 0 Å². The van der Waals surface area contributed by atoms with Crippen LogP contribution in [0.15, 0.2) is 0 Å². The van der Waals surface area contributed by atoms with Crippen LogP contribution in [-0.2, 0) is 0 Å². The van der Waals surface area contributed by atoms with Gasteiger partial charge >= 0.3 is 0 Å². The number of rotatable bonds is 0. The third kappa shape index (κ3) is 0.685. The normalized spacial score (nSPS) is 9.88. The van der Waals surface area contributed by atoms with E-state index in [1.807, 2.05) is 0 Å². The molecular formula is C4H4F2N2. The van der Waals surface area contributed by atoms with Gasteiger partial charge in [0.25, 0.3) is 5.95 Å². The molecule has 1 aromatic rings. The first-order valence-electron chi connectivity index (χ1n) is 2.08. The number of hydrogen-bond donors (Lipinski definition) is 1. The fraction of sp³-hybridized carbons (Fsp3) is 0.250. The molecule has 2 nitrogen and oxygen atoms in total. The number of nitrogens with zero attached hydrogens (tertiary/aromatic N) is 1. The second-order valence-corrected chi connectivity index (χ2v) is 1.43. The molecule has 0 aliphatic heterocycles. The average molecular weight is 118 g/mol. The van der Waals surface area contributed by atoms with E-state index < -0.39 is 11.9 Å². The van der Waals surface area contributed by atoms with Crippen molar-refractivity contribution in [2.75, 3.05) is 0 Å². The van der Waals surface area contributed by atoms with Crippen LogP contribution in [-0.4, -0.2) is 9.97 Å².